The molecule has 5 rings (SSSR count). The van der Waals surface area contributed by atoms with Gasteiger partial charge in [-0.15, -0.1) is 0 Å². The maximum absolute atomic E-state index is 13.6. The van der Waals surface area contributed by atoms with Crippen molar-refractivity contribution in [3.05, 3.63) is 63.2 Å². The smallest absolute Gasteiger partial charge is 0.256 e. The molecule has 1 atom stereocenters. The second-order valence-electron chi connectivity index (χ2n) is 11.1. The van der Waals surface area contributed by atoms with Gasteiger partial charge in [0.25, 0.3) is 11.5 Å². The number of fused-ring (bicyclic) bond motifs is 1. The third-order valence-corrected chi connectivity index (χ3v) is 8.77. The molecule has 3 aromatic rings. The molecule has 0 bridgehead atoms. The first kappa shape index (κ1) is 28.0. The number of hydrogen-bond acceptors (Lipinski definition) is 5. The number of piperidine rings is 1. The lowest BCUT2D eigenvalue weighted by Crippen LogP contribution is -2.44. The summed E-state index contributed by atoms with van der Waals surface area (Å²) in [6.07, 6.45) is 3.50. The molecular formula is C31H40N4O5. The van der Waals surface area contributed by atoms with Gasteiger partial charge in [0.1, 0.15) is 5.75 Å². The van der Waals surface area contributed by atoms with Gasteiger partial charge in [-0.05, 0) is 64.5 Å². The van der Waals surface area contributed by atoms with Crippen LogP contribution in [0.15, 0.2) is 35.1 Å². The van der Waals surface area contributed by atoms with E-state index in [-0.39, 0.29) is 35.9 Å². The summed E-state index contributed by atoms with van der Waals surface area (Å²) in [7, 11) is 1.52. The molecule has 9 heteroatoms. The maximum atomic E-state index is 13.6. The van der Waals surface area contributed by atoms with Crippen molar-refractivity contribution in [3.8, 4) is 5.75 Å². The first-order valence-corrected chi connectivity index (χ1v) is 14.3. The number of nitrogens with zero attached hydrogens (tertiary/aromatic N) is 2. The van der Waals surface area contributed by atoms with Crippen LogP contribution in [0.3, 0.4) is 0 Å². The fraction of sp³-hybridized carbons (Fsp3) is 0.516. The van der Waals surface area contributed by atoms with Gasteiger partial charge in [-0.1, -0.05) is 18.2 Å². The summed E-state index contributed by atoms with van der Waals surface area (Å²) in [6, 6.07) is 9.90. The second kappa shape index (κ2) is 11.9. The number of aromatic amines is 1. The number of aromatic nitrogens is 2. The van der Waals surface area contributed by atoms with Crippen molar-refractivity contribution in [1.82, 2.24) is 19.8 Å². The summed E-state index contributed by atoms with van der Waals surface area (Å²) in [5.41, 5.74) is 3.35. The molecule has 2 aromatic heterocycles. The Bertz CT molecular complexity index is 1440. The Hall–Kier alpha value is -3.59. The van der Waals surface area contributed by atoms with Gasteiger partial charge in [0, 0.05) is 60.6 Å². The van der Waals surface area contributed by atoms with Gasteiger partial charge >= 0.3 is 0 Å². The second-order valence-corrected chi connectivity index (χ2v) is 11.1. The molecule has 214 valence electrons. The number of para-hydroxylation sites is 1. The number of hydrogen-bond donors (Lipinski definition) is 2. The highest BCUT2D eigenvalue weighted by Crippen LogP contribution is 2.36. The van der Waals surface area contributed by atoms with Gasteiger partial charge in [-0.25, -0.2) is 0 Å². The van der Waals surface area contributed by atoms with Gasteiger partial charge in [-0.3, -0.25) is 14.4 Å². The average Bonchev–Trinajstić information content (AvgIpc) is 3.27. The maximum Gasteiger partial charge on any atom is 0.256 e. The zero-order valence-electron chi connectivity index (χ0n) is 23.9. The minimum atomic E-state index is -0.272. The summed E-state index contributed by atoms with van der Waals surface area (Å²) in [5.74, 6) is 0.990. The number of nitrogens with one attached hydrogen (secondary N) is 2. The fourth-order valence-corrected chi connectivity index (χ4v) is 6.51. The van der Waals surface area contributed by atoms with E-state index in [0.29, 0.717) is 41.7 Å². The molecule has 2 N–H and O–H groups in total. The summed E-state index contributed by atoms with van der Waals surface area (Å²) in [5, 5.41) is 3.85. The van der Waals surface area contributed by atoms with Crippen LogP contribution >= 0.6 is 0 Å². The number of pyridine rings is 1. The Morgan fingerprint density at radius 3 is 2.52 bits per heavy atom. The number of carbonyl (C=O) groups is 2. The highest BCUT2D eigenvalue weighted by Gasteiger charge is 2.33. The predicted octanol–water partition coefficient (Wildman–Crippen LogP) is 4.11. The molecule has 0 saturated carbocycles. The minimum absolute atomic E-state index is 0.0612. The van der Waals surface area contributed by atoms with E-state index < -0.39 is 0 Å². The van der Waals surface area contributed by atoms with Crippen molar-refractivity contribution in [3.63, 3.8) is 0 Å². The lowest BCUT2D eigenvalue weighted by molar-refractivity contribution is -0.140. The summed E-state index contributed by atoms with van der Waals surface area (Å²) < 4.78 is 13.1. The van der Waals surface area contributed by atoms with E-state index in [1.165, 1.54) is 7.11 Å². The highest BCUT2D eigenvalue weighted by atomic mass is 16.5. The molecule has 0 aliphatic carbocycles. The quantitative estimate of drug-likeness (QED) is 0.462. The molecule has 9 nitrogen and oxygen atoms in total. The van der Waals surface area contributed by atoms with E-state index in [0.717, 1.165) is 55.4 Å². The zero-order chi connectivity index (χ0) is 28.4. The van der Waals surface area contributed by atoms with E-state index in [1.807, 2.05) is 30.0 Å². The van der Waals surface area contributed by atoms with E-state index in [9.17, 15) is 14.4 Å². The predicted molar refractivity (Wildman–Crippen MR) is 154 cm³/mol. The molecule has 1 aromatic carbocycles. The van der Waals surface area contributed by atoms with Crippen LogP contribution in [0.2, 0.25) is 0 Å². The van der Waals surface area contributed by atoms with E-state index >= 15 is 0 Å². The Morgan fingerprint density at radius 1 is 1.12 bits per heavy atom. The molecule has 0 spiro atoms. The van der Waals surface area contributed by atoms with Crippen LogP contribution in [0.4, 0.5) is 0 Å². The first-order valence-electron chi connectivity index (χ1n) is 14.3. The number of rotatable bonds is 7. The van der Waals surface area contributed by atoms with E-state index in [1.54, 1.807) is 13.0 Å². The Morgan fingerprint density at radius 2 is 1.82 bits per heavy atom. The lowest BCUT2D eigenvalue weighted by Gasteiger charge is -2.38. The number of ether oxygens (including phenoxy) is 2. The van der Waals surface area contributed by atoms with Crippen LogP contribution in [-0.4, -0.2) is 59.7 Å². The monoisotopic (exact) mass is 548 g/mol. The van der Waals surface area contributed by atoms with Crippen LogP contribution < -0.4 is 15.6 Å². The van der Waals surface area contributed by atoms with Crippen LogP contribution in [0.25, 0.3) is 10.9 Å². The molecule has 4 heterocycles. The highest BCUT2D eigenvalue weighted by molar-refractivity contribution is 6.08. The molecule has 1 unspecified atom stereocenters. The number of carbonyl (C=O) groups excluding carboxylic acids is 2. The van der Waals surface area contributed by atoms with Crippen molar-refractivity contribution in [2.45, 2.75) is 59.0 Å². The summed E-state index contributed by atoms with van der Waals surface area (Å²) in [4.78, 5) is 44.0. The SMILES string of the molecule is COc1cc(C)[nH]c(=O)c1CNC(=O)c1c(C)n(C(C)C2CCN(C(=O)C3CCOCC3)CC2)c2ccccc12. The van der Waals surface area contributed by atoms with Gasteiger partial charge in [-0.2, -0.15) is 0 Å². The van der Waals surface area contributed by atoms with Gasteiger partial charge in [0.15, 0.2) is 0 Å². The molecule has 2 saturated heterocycles. The number of benzene rings is 1. The van der Waals surface area contributed by atoms with Crippen molar-refractivity contribution in [1.29, 1.82) is 0 Å². The minimum Gasteiger partial charge on any atom is -0.496 e. The molecule has 2 aliphatic rings. The average molecular weight is 549 g/mol. The normalized spacial score (nSPS) is 17.6. The van der Waals surface area contributed by atoms with Crippen LogP contribution in [-0.2, 0) is 16.1 Å². The largest absolute Gasteiger partial charge is 0.496 e. The van der Waals surface area contributed by atoms with E-state index in [2.05, 4.69) is 27.9 Å². The molecule has 2 amide bonds. The number of likely N-dealkylation sites (tertiary alicyclic amines) is 1. The van der Waals surface area contributed by atoms with Gasteiger partial charge < -0.3 is 29.2 Å². The van der Waals surface area contributed by atoms with Crippen molar-refractivity contribution >= 4 is 22.7 Å². The Labute approximate surface area is 234 Å². The topological polar surface area (TPSA) is 106 Å². The molecule has 2 fully saturated rings. The van der Waals surface area contributed by atoms with Crippen LogP contribution in [0.5, 0.6) is 5.75 Å². The molecule has 40 heavy (non-hydrogen) atoms. The number of amides is 2. The first-order chi connectivity index (χ1) is 19.3. The third kappa shape index (κ3) is 5.39. The van der Waals surface area contributed by atoms with Crippen LogP contribution in [0, 0.1) is 25.7 Å². The molecular weight excluding hydrogens is 508 g/mol. The van der Waals surface area contributed by atoms with E-state index in [4.69, 9.17) is 9.47 Å². The van der Waals surface area contributed by atoms with Gasteiger partial charge in [0.2, 0.25) is 5.91 Å². The number of aryl methyl sites for hydroxylation is 1. The van der Waals surface area contributed by atoms with Gasteiger partial charge in [0.05, 0.1) is 24.8 Å². The lowest BCUT2D eigenvalue weighted by atomic mass is 9.88. The number of H-pyrrole nitrogens is 1. The fourth-order valence-electron chi connectivity index (χ4n) is 6.51. The molecule has 2 aliphatic heterocycles. The van der Waals surface area contributed by atoms with Crippen LogP contribution in [0.1, 0.15) is 66.0 Å². The summed E-state index contributed by atoms with van der Waals surface area (Å²) >= 11 is 0. The molecule has 0 radical (unpaired) electrons. The summed E-state index contributed by atoms with van der Waals surface area (Å²) in [6.45, 7) is 8.95. The third-order valence-electron chi connectivity index (χ3n) is 8.77. The number of methoxy groups -OCH3 is 1. The standard InChI is InChI=1S/C31H40N4O5/c1-19-17-27(39-4)25(29(36)33-19)18-32-30(37)28-21(3)35(26-8-6-5-7-24(26)28)20(2)22-9-13-34(14-10-22)31(38)23-11-15-40-16-12-23/h5-8,17,20,22-23H,9-16,18H2,1-4H3,(H,32,37)(H,33,36). The van der Waals surface area contributed by atoms with Crippen molar-refractivity contribution < 1.29 is 19.1 Å². The van der Waals surface area contributed by atoms with Crippen molar-refractivity contribution in [2.24, 2.45) is 11.8 Å². The Kier molecular flexibility index (Phi) is 8.30. The Balaban J connectivity index is 1.34. The zero-order valence-corrected chi connectivity index (χ0v) is 23.9. The van der Waals surface area contributed by atoms with Crippen molar-refractivity contribution in [2.75, 3.05) is 33.4 Å².